The molecule has 0 spiro atoms. The number of hydrogen-bond acceptors (Lipinski definition) is 3. The molecule has 1 aliphatic heterocycles. The predicted molar refractivity (Wildman–Crippen MR) is 68.6 cm³/mol. The van der Waals surface area contributed by atoms with Gasteiger partial charge in [-0.05, 0) is 45.7 Å². The predicted octanol–water partition coefficient (Wildman–Crippen LogP) is 1.47. The molecule has 1 rings (SSSR count). The molecule has 1 atom stereocenters. The van der Waals surface area contributed by atoms with Crippen LogP contribution in [0.25, 0.3) is 0 Å². The molecule has 0 radical (unpaired) electrons. The Hall–Kier alpha value is -0.120. The Morgan fingerprint density at radius 3 is 2.12 bits per heavy atom. The molecule has 1 aliphatic rings. The summed E-state index contributed by atoms with van der Waals surface area (Å²) in [6.07, 6.45) is 2.42. The maximum atomic E-state index is 9.29. The monoisotopic (exact) mass is 228 g/mol. The summed E-state index contributed by atoms with van der Waals surface area (Å²) in [7, 11) is 0. The van der Waals surface area contributed by atoms with Crippen molar-refractivity contribution in [2.45, 2.75) is 58.7 Å². The lowest BCUT2D eigenvalue weighted by molar-refractivity contribution is 0.136. The Bertz CT molecular complexity index is 186. The molecule has 0 aromatic heterocycles. The fourth-order valence-electron chi connectivity index (χ4n) is 2.34. The average Bonchev–Trinajstić information content (AvgIpc) is 2.26. The first kappa shape index (κ1) is 13.9. The van der Waals surface area contributed by atoms with Gasteiger partial charge >= 0.3 is 0 Å². The zero-order valence-electron chi connectivity index (χ0n) is 11.2. The van der Waals surface area contributed by atoms with Gasteiger partial charge in [0.2, 0.25) is 0 Å². The van der Waals surface area contributed by atoms with Crippen LogP contribution in [0, 0.1) is 5.92 Å². The summed E-state index contributed by atoms with van der Waals surface area (Å²) in [5.74, 6) is 0.508. The second kappa shape index (κ2) is 6.58. The van der Waals surface area contributed by atoms with Gasteiger partial charge in [0.25, 0.3) is 0 Å². The minimum atomic E-state index is 0.252. The Morgan fingerprint density at radius 2 is 1.75 bits per heavy atom. The van der Waals surface area contributed by atoms with Crippen LogP contribution in [0.3, 0.4) is 0 Å². The fourth-order valence-corrected chi connectivity index (χ4v) is 2.34. The summed E-state index contributed by atoms with van der Waals surface area (Å²) >= 11 is 0. The highest BCUT2D eigenvalue weighted by Crippen LogP contribution is 2.14. The molecule has 1 heterocycles. The summed E-state index contributed by atoms with van der Waals surface area (Å²) in [5, 5.41) is 12.9. The molecule has 0 bridgehead atoms. The molecular formula is C13H28N2O. The topological polar surface area (TPSA) is 35.5 Å². The molecule has 0 amide bonds. The third-order valence-electron chi connectivity index (χ3n) is 3.71. The lowest BCUT2D eigenvalue weighted by Crippen LogP contribution is -2.50. The van der Waals surface area contributed by atoms with Gasteiger partial charge in [-0.15, -0.1) is 0 Å². The average molecular weight is 228 g/mol. The number of aliphatic hydroxyl groups is 1. The van der Waals surface area contributed by atoms with E-state index in [-0.39, 0.29) is 12.6 Å². The van der Waals surface area contributed by atoms with Gasteiger partial charge in [-0.2, -0.15) is 0 Å². The van der Waals surface area contributed by atoms with Crippen molar-refractivity contribution in [2.24, 2.45) is 5.92 Å². The van der Waals surface area contributed by atoms with Crippen molar-refractivity contribution >= 4 is 0 Å². The first-order chi connectivity index (χ1) is 7.54. The van der Waals surface area contributed by atoms with Gasteiger partial charge in [0.1, 0.15) is 0 Å². The maximum Gasteiger partial charge on any atom is 0.0587 e. The van der Waals surface area contributed by atoms with Gasteiger partial charge in [-0.1, -0.05) is 13.8 Å². The van der Waals surface area contributed by atoms with Crippen LogP contribution in [0.4, 0.5) is 0 Å². The number of hydrogen-bond donors (Lipinski definition) is 2. The second-order valence-corrected chi connectivity index (χ2v) is 5.60. The van der Waals surface area contributed by atoms with Crippen molar-refractivity contribution in [1.82, 2.24) is 10.2 Å². The number of aliphatic hydroxyl groups excluding tert-OH is 1. The highest BCUT2D eigenvalue weighted by atomic mass is 16.3. The van der Waals surface area contributed by atoms with Crippen LogP contribution in [0.1, 0.15) is 40.5 Å². The lowest BCUT2D eigenvalue weighted by atomic mass is 9.99. The van der Waals surface area contributed by atoms with E-state index in [9.17, 15) is 5.11 Å². The highest BCUT2D eigenvalue weighted by molar-refractivity contribution is 4.82. The Balaban J connectivity index is 2.31. The molecule has 3 heteroatoms. The molecule has 3 nitrogen and oxygen atoms in total. The van der Waals surface area contributed by atoms with Crippen LogP contribution < -0.4 is 5.32 Å². The van der Waals surface area contributed by atoms with Gasteiger partial charge < -0.3 is 15.3 Å². The second-order valence-electron chi connectivity index (χ2n) is 5.60. The number of piperidine rings is 1. The highest BCUT2D eigenvalue weighted by Gasteiger charge is 2.23. The maximum absolute atomic E-state index is 9.29. The van der Waals surface area contributed by atoms with E-state index >= 15 is 0 Å². The molecule has 0 aromatic carbocycles. The van der Waals surface area contributed by atoms with Crippen LogP contribution in [-0.2, 0) is 0 Å². The van der Waals surface area contributed by atoms with E-state index in [1.54, 1.807) is 0 Å². The number of nitrogens with one attached hydrogen (secondary N) is 1. The van der Waals surface area contributed by atoms with E-state index in [2.05, 4.69) is 37.9 Å². The molecule has 0 aromatic rings. The van der Waals surface area contributed by atoms with Crippen LogP contribution in [0.5, 0.6) is 0 Å². The zero-order valence-corrected chi connectivity index (χ0v) is 11.2. The summed E-state index contributed by atoms with van der Waals surface area (Å²) in [6, 6.07) is 1.52. The van der Waals surface area contributed by atoms with Gasteiger partial charge in [0.15, 0.2) is 0 Å². The smallest absolute Gasteiger partial charge is 0.0587 e. The fraction of sp³-hybridized carbons (Fsp3) is 1.00. The van der Waals surface area contributed by atoms with Gasteiger partial charge in [0.05, 0.1) is 6.61 Å². The van der Waals surface area contributed by atoms with E-state index in [1.165, 1.54) is 25.9 Å². The molecule has 2 N–H and O–H groups in total. The summed E-state index contributed by atoms with van der Waals surface area (Å²) in [6.45, 7) is 11.5. The Kier molecular flexibility index (Phi) is 5.73. The summed E-state index contributed by atoms with van der Waals surface area (Å²) in [5.41, 5.74) is 0. The van der Waals surface area contributed by atoms with Gasteiger partial charge in [0, 0.05) is 18.1 Å². The van der Waals surface area contributed by atoms with E-state index in [1.807, 2.05) is 0 Å². The van der Waals surface area contributed by atoms with Crippen molar-refractivity contribution in [3.63, 3.8) is 0 Å². The quantitative estimate of drug-likeness (QED) is 0.748. The third-order valence-corrected chi connectivity index (χ3v) is 3.71. The molecule has 1 saturated heterocycles. The molecule has 16 heavy (non-hydrogen) atoms. The molecule has 1 fully saturated rings. The van der Waals surface area contributed by atoms with Crippen molar-refractivity contribution in [3.8, 4) is 0 Å². The lowest BCUT2D eigenvalue weighted by Gasteiger charge is -2.37. The minimum absolute atomic E-state index is 0.252. The van der Waals surface area contributed by atoms with E-state index in [4.69, 9.17) is 0 Å². The van der Waals surface area contributed by atoms with Crippen LogP contribution in [0.15, 0.2) is 0 Å². The number of nitrogens with zero attached hydrogens (tertiary/aromatic N) is 1. The Morgan fingerprint density at radius 1 is 1.19 bits per heavy atom. The zero-order chi connectivity index (χ0) is 12.1. The number of rotatable bonds is 5. The largest absolute Gasteiger partial charge is 0.395 e. The van der Waals surface area contributed by atoms with Crippen LogP contribution >= 0.6 is 0 Å². The molecule has 0 saturated carbocycles. The van der Waals surface area contributed by atoms with Gasteiger partial charge in [-0.3, -0.25) is 0 Å². The van der Waals surface area contributed by atoms with Crippen molar-refractivity contribution in [1.29, 1.82) is 0 Å². The Labute approximate surface area is 100 Å². The molecule has 96 valence electrons. The van der Waals surface area contributed by atoms with Crippen molar-refractivity contribution < 1.29 is 5.11 Å². The van der Waals surface area contributed by atoms with Crippen LogP contribution in [0.2, 0.25) is 0 Å². The third kappa shape index (κ3) is 4.04. The van der Waals surface area contributed by atoms with Gasteiger partial charge in [-0.25, -0.2) is 0 Å². The first-order valence-electron chi connectivity index (χ1n) is 6.65. The minimum Gasteiger partial charge on any atom is -0.395 e. The van der Waals surface area contributed by atoms with Crippen molar-refractivity contribution in [3.05, 3.63) is 0 Å². The summed E-state index contributed by atoms with van der Waals surface area (Å²) < 4.78 is 0. The van der Waals surface area contributed by atoms with E-state index in [0.29, 0.717) is 18.0 Å². The normalized spacial score (nSPS) is 21.9. The van der Waals surface area contributed by atoms with E-state index in [0.717, 1.165) is 0 Å². The molecule has 0 aliphatic carbocycles. The molecular weight excluding hydrogens is 200 g/mol. The SMILES string of the molecule is CC(C)[C@@H](CO)NC1CCN(C(C)C)CC1. The van der Waals surface area contributed by atoms with Crippen LogP contribution in [-0.4, -0.2) is 47.8 Å². The van der Waals surface area contributed by atoms with Crippen molar-refractivity contribution in [2.75, 3.05) is 19.7 Å². The number of likely N-dealkylation sites (tertiary alicyclic amines) is 1. The first-order valence-corrected chi connectivity index (χ1v) is 6.65. The molecule has 0 unspecified atom stereocenters. The van der Waals surface area contributed by atoms with E-state index < -0.39 is 0 Å². The standard InChI is InChI=1S/C13H28N2O/c1-10(2)13(9-16)14-12-5-7-15(8-6-12)11(3)4/h10-14,16H,5-9H2,1-4H3/t13-/m1/s1. The summed E-state index contributed by atoms with van der Waals surface area (Å²) in [4.78, 5) is 2.53.